The molecule has 1 unspecified atom stereocenters. The Balaban J connectivity index is 3.63. The molecule has 0 aromatic heterocycles. The van der Waals surface area contributed by atoms with E-state index in [1.165, 1.54) is 0 Å². The second-order valence-electron chi connectivity index (χ2n) is 3.43. The topological polar surface area (TPSA) is 29.1 Å². The van der Waals surface area contributed by atoms with E-state index in [1.807, 2.05) is 27.7 Å². The molecule has 0 N–H and O–H groups in total. The van der Waals surface area contributed by atoms with Crippen LogP contribution in [0.4, 0.5) is 0 Å². The Morgan fingerprint density at radius 3 is 2.00 bits per heavy atom. The zero-order chi connectivity index (χ0) is 8.20. The van der Waals surface area contributed by atoms with Gasteiger partial charge in [-0.2, -0.15) is 0 Å². The average Bonchev–Trinajstić information content (AvgIpc) is 1.81. The molecule has 0 saturated carbocycles. The molecule has 0 spiro atoms. The van der Waals surface area contributed by atoms with Crippen LogP contribution in [0.3, 0.4) is 0 Å². The summed E-state index contributed by atoms with van der Waals surface area (Å²) in [4.78, 5) is 0. The van der Waals surface area contributed by atoms with Crippen molar-refractivity contribution in [2.75, 3.05) is 6.61 Å². The minimum Gasteiger partial charge on any atom is -0.370 e. The van der Waals surface area contributed by atoms with Crippen molar-refractivity contribution in [2.45, 2.75) is 45.8 Å². The van der Waals surface area contributed by atoms with Crippen molar-refractivity contribution < 1.29 is 9.84 Å². The molecule has 2 nitrogen and oxygen atoms in total. The van der Waals surface area contributed by atoms with Crippen LogP contribution in [0.15, 0.2) is 0 Å². The molecule has 0 aliphatic carbocycles. The number of hydrogen-bond donors (Lipinski definition) is 0. The minimum atomic E-state index is -0.176. The SMILES string of the molecule is CCC(C[O])OC(C)(C)C. The van der Waals surface area contributed by atoms with Gasteiger partial charge >= 0.3 is 0 Å². The molecule has 1 radical (unpaired) electrons. The highest BCUT2D eigenvalue weighted by Gasteiger charge is 2.16. The van der Waals surface area contributed by atoms with Crippen molar-refractivity contribution >= 4 is 0 Å². The van der Waals surface area contributed by atoms with Gasteiger partial charge in [-0.1, -0.05) is 6.92 Å². The first-order chi connectivity index (χ1) is 4.49. The lowest BCUT2D eigenvalue weighted by atomic mass is 10.1. The lowest BCUT2D eigenvalue weighted by Crippen LogP contribution is -2.28. The minimum absolute atomic E-state index is 0.111. The van der Waals surface area contributed by atoms with Gasteiger partial charge in [0.1, 0.15) is 6.61 Å². The molecule has 0 fully saturated rings. The van der Waals surface area contributed by atoms with Gasteiger partial charge in [0.2, 0.25) is 0 Å². The van der Waals surface area contributed by atoms with Gasteiger partial charge in [0, 0.05) is 0 Å². The van der Waals surface area contributed by atoms with Crippen LogP contribution in [-0.2, 0) is 9.84 Å². The summed E-state index contributed by atoms with van der Waals surface area (Å²) in [7, 11) is 0. The molecule has 0 aliphatic heterocycles. The highest BCUT2D eigenvalue weighted by molar-refractivity contribution is 4.63. The predicted octanol–water partition coefficient (Wildman–Crippen LogP) is 2.01. The first-order valence-corrected chi connectivity index (χ1v) is 3.75. The maximum atomic E-state index is 10.4. The lowest BCUT2D eigenvalue weighted by molar-refractivity contribution is -0.0914. The fraction of sp³-hybridized carbons (Fsp3) is 1.00. The Morgan fingerprint density at radius 2 is 1.90 bits per heavy atom. The highest BCUT2D eigenvalue weighted by atomic mass is 16.5. The van der Waals surface area contributed by atoms with Crippen LogP contribution in [0.1, 0.15) is 34.1 Å². The second kappa shape index (κ2) is 3.94. The Labute approximate surface area is 63.2 Å². The van der Waals surface area contributed by atoms with Crippen molar-refractivity contribution in [3.63, 3.8) is 0 Å². The molecule has 0 saturated heterocycles. The third-order valence-electron chi connectivity index (χ3n) is 1.16. The maximum absolute atomic E-state index is 10.4. The van der Waals surface area contributed by atoms with Gasteiger partial charge in [0.15, 0.2) is 0 Å². The van der Waals surface area contributed by atoms with E-state index in [2.05, 4.69) is 0 Å². The van der Waals surface area contributed by atoms with E-state index in [4.69, 9.17) is 4.74 Å². The van der Waals surface area contributed by atoms with Crippen LogP contribution in [0, 0.1) is 0 Å². The summed E-state index contributed by atoms with van der Waals surface area (Å²) >= 11 is 0. The van der Waals surface area contributed by atoms with Gasteiger partial charge in [-0.05, 0) is 27.2 Å². The molecule has 61 valence electrons. The third kappa shape index (κ3) is 4.77. The molecule has 0 aromatic carbocycles. The van der Waals surface area contributed by atoms with E-state index < -0.39 is 0 Å². The van der Waals surface area contributed by atoms with Gasteiger partial charge in [-0.15, -0.1) is 0 Å². The Hall–Kier alpha value is -0.0800. The van der Waals surface area contributed by atoms with Crippen LogP contribution in [-0.4, -0.2) is 18.3 Å². The first-order valence-electron chi connectivity index (χ1n) is 3.75. The molecule has 0 bridgehead atoms. The summed E-state index contributed by atoms with van der Waals surface area (Å²) < 4.78 is 5.42. The molecule has 0 rings (SSSR count). The van der Waals surface area contributed by atoms with Crippen molar-refractivity contribution in [1.82, 2.24) is 0 Å². The van der Waals surface area contributed by atoms with Crippen molar-refractivity contribution in [1.29, 1.82) is 0 Å². The van der Waals surface area contributed by atoms with Crippen molar-refractivity contribution in [3.05, 3.63) is 0 Å². The molecular weight excluding hydrogens is 128 g/mol. The first kappa shape index (κ1) is 9.92. The van der Waals surface area contributed by atoms with Crippen LogP contribution in [0.2, 0.25) is 0 Å². The number of rotatable bonds is 3. The fourth-order valence-electron chi connectivity index (χ4n) is 0.735. The Kier molecular flexibility index (Phi) is 3.91. The van der Waals surface area contributed by atoms with E-state index in [9.17, 15) is 5.11 Å². The normalized spacial score (nSPS) is 15.3. The predicted molar refractivity (Wildman–Crippen MR) is 40.5 cm³/mol. The molecule has 10 heavy (non-hydrogen) atoms. The average molecular weight is 145 g/mol. The quantitative estimate of drug-likeness (QED) is 0.597. The molecule has 0 heterocycles. The van der Waals surface area contributed by atoms with Crippen molar-refractivity contribution in [2.24, 2.45) is 0 Å². The highest BCUT2D eigenvalue weighted by Crippen LogP contribution is 2.12. The summed E-state index contributed by atoms with van der Waals surface area (Å²) in [5, 5.41) is 10.4. The van der Waals surface area contributed by atoms with E-state index in [0.29, 0.717) is 0 Å². The fourth-order valence-corrected chi connectivity index (χ4v) is 0.735. The van der Waals surface area contributed by atoms with Gasteiger partial charge in [-0.25, -0.2) is 5.11 Å². The Morgan fingerprint density at radius 1 is 1.40 bits per heavy atom. The lowest BCUT2D eigenvalue weighted by Gasteiger charge is -2.24. The molecule has 0 aromatic rings. The van der Waals surface area contributed by atoms with Crippen LogP contribution >= 0.6 is 0 Å². The van der Waals surface area contributed by atoms with E-state index in [0.717, 1.165) is 6.42 Å². The van der Waals surface area contributed by atoms with E-state index >= 15 is 0 Å². The monoisotopic (exact) mass is 145 g/mol. The smallest absolute Gasteiger partial charge is 0.108 e. The Bertz CT molecular complexity index is 79.7. The standard InChI is InChI=1S/C8H17O2/c1-5-7(6-9)10-8(2,3)4/h7H,5-6H2,1-4H3. The second-order valence-corrected chi connectivity index (χ2v) is 3.43. The third-order valence-corrected chi connectivity index (χ3v) is 1.16. The molecule has 1 atom stereocenters. The number of ether oxygens (including phenoxy) is 1. The van der Waals surface area contributed by atoms with Crippen LogP contribution in [0.25, 0.3) is 0 Å². The van der Waals surface area contributed by atoms with Crippen LogP contribution in [0.5, 0.6) is 0 Å². The van der Waals surface area contributed by atoms with Gasteiger partial charge < -0.3 is 4.74 Å². The summed E-state index contributed by atoms with van der Waals surface area (Å²) in [6, 6.07) is 0. The summed E-state index contributed by atoms with van der Waals surface area (Å²) in [6.45, 7) is 7.73. The number of hydrogen-bond acceptors (Lipinski definition) is 1. The largest absolute Gasteiger partial charge is 0.370 e. The molecular formula is C8H17O2. The van der Waals surface area contributed by atoms with Gasteiger partial charge in [-0.3, -0.25) is 0 Å². The van der Waals surface area contributed by atoms with E-state index in [-0.39, 0.29) is 18.3 Å². The van der Waals surface area contributed by atoms with Crippen LogP contribution < -0.4 is 0 Å². The van der Waals surface area contributed by atoms with Crippen molar-refractivity contribution in [3.8, 4) is 0 Å². The molecule has 0 aliphatic rings. The van der Waals surface area contributed by atoms with E-state index in [1.54, 1.807) is 0 Å². The molecule has 2 heteroatoms. The summed E-state index contributed by atoms with van der Waals surface area (Å²) in [5.41, 5.74) is -0.176. The summed E-state index contributed by atoms with van der Waals surface area (Å²) in [6.07, 6.45) is 0.695. The van der Waals surface area contributed by atoms with Gasteiger partial charge in [0.05, 0.1) is 11.7 Å². The zero-order valence-corrected chi connectivity index (χ0v) is 7.31. The van der Waals surface area contributed by atoms with Gasteiger partial charge in [0.25, 0.3) is 0 Å². The maximum Gasteiger partial charge on any atom is 0.108 e. The molecule has 0 amide bonds. The summed E-state index contributed by atoms with van der Waals surface area (Å²) in [5.74, 6) is 0. The zero-order valence-electron chi connectivity index (χ0n) is 7.31.